The van der Waals surface area contributed by atoms with Gasteiger partial charge in [-0.25, -0.2) is 0 Å². The minimum atomic E-state index is -0.286. The molecule has 2 rings (SSSR count). The van der Waals surface area contributed by atoms with Crippen molar-refractivity contribution in [1.82, 2.24) is 0 Å². The molecule has 0 spiro atoms. The third kappa shape index (κ3) is 3.45. The van der Waals surface area contributed by atoms with Gasteiger partial charge in [-0.15, -0.1) is 0 Å². The molecule has 0 bridgehead atoms. The molecule has 0 aliphatic heterocycles. The van der Waals surface area contributed by atoms with Gasteiger partial charge in [0.15, 0.2) is 5.78 Å². The number of halogens is 1. The summed E-state index contributed by atoms with van der Waals surface area (Å²) in [5.41, 5.74) is 1.53. The zero-order valence-electron chi connectivity index (χ0n) is 12.2. The molecule has 0 radical (unpaired) electrons. The van der Waals surface area contributed by atoms with E-state index in [1.54, 1.807) is 38.5 Å². The Morgan fingerprint density at radius 1 is 1.05 bits per heavy atom. The van der Waals surface area contributed by atoms with E-state index in [4.69, 9.17) is 9.47 Å². The molecule has 110 valence electrons. The molecule has 0 aliphatic rings. The van der Waals surface area contributed by atoms with Crippen molar-refractivity contribution in [3.05, 3.63) is 58.1 Å². The van der Waals surface area contributed by atoms with Gasteiger partial charge in [0.1, 0.15) is 11.5 Å². The first-order valence-electron chi connectivity index (χ1n) is 6.58. The van der Waals surface area contributed by atoms with Crippen molar-refractivity contribution < 1.29 is 14.3 Å². The predicted octanol–water partition coefficient (Wildman–Crippen LogP) is 4.45. The van der Waals surface area contributed by atoms with Gasteiger partial charge in [-0.05, 0) is 42.5 Å². The van der Waals surface area contributed by atoms with Crippen LogP contribution in [0.1, 0.15) is 28.8 Å². The third-order valence-corrected chi connectivity index (χ3v) is 3.92. The lowest BCUT2D eigenvalue weighted by molar-refractivity contribution is 0.0965. The molecule has 0 saturated carbocycles. The summed E-state index contributed by atoms with van der Waals surface area (Å²) in [6.45, 7) is 1.89. The van der Waals surface area contributed by atoms with E-state index in [-0.39, 0.29) is 11.7 Å². The smallest absolute Gasteiger partial charge is 0.170 e. The van der Waals surface area contributed by atoms with Gasteiger partial charge in [0.2, 0.25) is 0 Å². The predicted molar refractivity (Wildman–Crippen MR) is 86.4 cm³/mol. The van der Waals surface area contributed by atoms with Crippen LogP contribution in [-0.4, -0.2) is 20.0 Å². The summed E-state index contributed by atoms with van der Waals surface area (Å²) in [7, 11) is 3.21. The molecule has 0 aromatic heterocycles. The highest BCUT2D eigenvalue weighted by molar-refractivity contribution is 9.10. The quantitative estimate of drug-likeness (QED) is 0.748. The lowest BCUT2D eigenvalue weighted by atomic mass is 9.91. The van der Waals surface area contributed by atoms with Gasteiger partial charge in [-0.1, -0.05) is 22.9 Å². The molecule has 2 aromatic carbocycles. The molecule has 4 heteroatoms. The van der Waals surface area contributed by atoms with E-state index in [0.29, 0.717) is 11.3 Å². The van der Waals surface area contributed by atoms with Crippen LogP contribution in [0, 0.1) is 0 Å². The van der Waals surface area contributed by atoms with Crippen LogP contribution in [0.4, 0.5) is 0 Å². The summed E-state index contributed by atoms with van der Waals surface area (Å²) >= 11 is 3.43. The lowest BCUT2D eigenvalue weighted by Gasteiger charge is -2.15. The second-order valence-electron chi connectivity index (χ2n) is 4.70. The average molecular weight is 349 g/mol. The van der Waals surface area contributed by atoms with Gasteiger partial charge in [-0.3, -0.25) is 4.79 Å². The fourth-order valence-electron chi connectivity index (χ4n) is 2.19. The van der Waals surface area contributed by atoms with E-state index < -0.39 is 0 Å². The molecule has 1 atom stereocenters. The summed E-state index contributed by atoms with van der Waals surface area (Å²) in [5, 5.41) is 0. The van der Waals surface area contributed by atoms with Crippen LogP contribution >= 0.6 is 15.9 Å². The van der Waals surface area contributed by atoms with Crippen LogP contribution in [0.25, 0.3) is 0 Å². The van der Waals surface area contributed by atoms with Crippen molar-refractivity contribution in [1.29, 1.82) is 0 Å². The van der Waals surface area contributed by atoms with Crippen molar-refractivity contribution in [2.45, 2.75) is 12.8 Å². The first-order valence-corrected chi connectivity index (χ1v) is 7.37. The number of Topliss-reactive ketones (excluding diaryl/α,β-unsaturated/α-hetero) is 1. The Labute approximate surface area is 133 Å². The van der Waals surface area contributed by atoms with Gasteiger partial charge in [-0.2, -0.15) is 0 Å². The normalized spacial score (nSPS) is 11.8. The fraction of sp³-hybridized carbons (Fsp3) is 0.235. The van der Waals surface area contributed by atoms with Crippen molar-refractivity contribution in [3.8, 4) is 11.5 Å². The summed E-state index contributed by atoms with van der Waals surface area (Å²) in [4.78, 5) is 12.6. The molecule has 0 N–H and O–H groups in total. The van der Waals surface area contributed by atoms with Gasteiger partial charge >= 0.3 is 0 Å². The number of ketones is 1. The molecule has 0 aliphatic carbocycles. The SMILES string of the molecule is COc1ccc(C(=O)C(C)c2cc(Br)ccc2OC)cc1. The highest BCUT2D eigenvalue weighted by Crippen LogP contribution is 2.31. The van der Waals surface area contributed by atoms with E-state index in [0.717, 1.165) is 15.8 Å². The van der Waals surface area contributed by atoms with Crippen LogP contribution < -0.4 is 9.47 Å². The van der Waals surface area contributed by atoms with Crippen LogP contribution in [0.3, 0.4) is 0 Å². The van der Waals surface area contributed by atoms with Gasteiger partial charge in [0.05, 0.1) is 14.2 Å². The largest absolute Gasteiger partial charge is 0.497 e. The summed E-state index contributed by atoms with van der Waals surface area (Å²) in [6.07, 6.45) is 0. The maximum Gasteiger partial charge on any atom is 0.170 e. The van der Waals surface area contributed by atoms with Crippen molar-refractivity contribution in [2.75, 3.05) is 14.2 Å². The molecule has 0 fully saturated rings. The number of hydrogen-bond acceptors (Lipinski definition) is 3. The zero-order valence-corrected chi connectivity index (χ0v) is 13.8. The number of methoxy groups -OCH3 is 2. The van der Waals surface area contributed by atoms with Gasteiger partial charge in [0.25, 0.3) is 0 Å². The van der Waals surface area contributed by atoms with Crippen LogP contribution in [0.5, 0.6) is 11.5 Å². The molecule has 3 nitrogen and oxygen atoms in total. The Bertz CT molecular complexity index is 635. The first-order chi connectivity index (χ1) is 10.1. The molecule has 0 amide bonds. The Morgan fingerprint density at radius 2 is 1.71 bits per heavy atom. The Morgan fingerprint density at radius 3 is 2.29 bits per heavy atom. The summed E-state index contributed by atoms with van der Waals surface area (Å²) < 4.78 is 11.4. The first kappa shape index (κ1) is 15.6. The minimum absolute atomic E-state index is 0.0500. The molecule has 0 heterocycles. The van der Waals surface area contributed by atoms with Gasteiger partial charge in [0, 0.05) is 21.5 Å². The average Bonchev–Trinajstić information content (AvgIpc) is 2.53. The minimum Gasteiger partial charge on any atom is -0.497 e. The van der Waals surface area contributed by atoms with Crippen LogP contribution in [0.2, 0.25) is 0 Å². The van der Waals surface area contributed by atoms with E-state index in [1.807, 2.05) is 25.1 Å². The number of carbonyl (C=O) groups excluding carboxylic acids is 1. The van der Waals surface area contributed by atoms with E-state index >= 15 is 0 Å². The Kier molecular flexibility index (Phi) is 5.02. The molecular weight excluding hydrogens is 332 g/mol. The maximum atomic E-state index is 12.6. The Hall–Kier alpha value is -1.81. The van der Waals surface area contributed by atoms with E-state index in [9.17, 15) is 4.79 Å². The fourth-order valence-corrected chi connectivity index (χ4v) is 2.57. The van der Waals surface area contributed by atoms with Crippen molar-refractivity contribution >= 4 is 21.7 Å². The topological polar surface area (TPSA) is 35.5 Å². The summed E-state index contributed by atoms with van der Waals surface area (Å²) in [6, 6.07) is 12.8. The number of benzene rings is 2. The molecule has 1 unspecified atom stereocenters. The maximum absolute atomic E-state index is 12.6. The molecule has 2 aromatic rings. The third-order valence-electron chi connectivity index (χ3n) is 3.43. The van der Waals surface area contributed by atoms with Crippen LogP contribution in [0.15, 0.2) is 46.9 Å². The number of carbonyl (C=O) groups is 1. The zero-order chi connectivity index (χ0) is 15.4. The highest BCUT2D eigenvalue weighted by atomic mass is 79.9. The number of rotatable bonds is 5. The van der Waals surface area contributed by atoms with Gasteiger partial charge < -0.3 is 9.47 Å². The standard InChI is InChI=1S/C17H17BrO3/c1-11(15-10-13(18)6-9-16(15)21-3)17(19)12-4-7-14(20-2)8-5-12/h4-11H,1-3H3. The van der Waals surface area contributed by atoms with Crippen molar-refractivity contribution in [2.24, 2.45) is 0 Å². The molecule has 0 saturated heterocycles. The highest BCUT2D eigenvalue weighted by Gasteiger charge is 2.21. The second kappa shape index (κ2) is 6.76. The van der Waals surface area contributed by atoms with E-state index in [2.05, 4.69) is 15.9 Å². The molecular formula is C17H17BrO3. The number of ether oxygens (including phenoxy) is 2. The van der Waals surface area contributed by atoms with Crippen molar-refractivity contribution in [3.63, 3.8) is 0 Å². The lowest BCUT2D eigenvalue weighted by Crippen LogP contribution is -2.11. The Balaban J connectivity index is 2.32. The monoisotopic (exact) mass is 348 g/mol. The summed E-state index contributed by atoms with van der Waals surface area (Å²) in [5.74, 6) is 1.21. The second-order valence-corrected chi connectivity index (χ2v) is 5.62. The van der Waals surface area contributed by atoms with E-state index in [1.165, 1.54) is 0 Å². The van der Waals surface area contributed by atoms with Crippen LogP contribution in [-0.2, 0) is 0 Å². The molecule has 21 heavy (non-hydrogen) atoms. The number of hydrogen-bond donors (Lipinski definition) is 0.